The van der Waals surface area contributed by atoms with Crippen molar-refractivity contribution in [3.63, 3.8) is 0 Å². The molecule has 2 aromatic heterocycles. The van der Waals surface area contributed by atoms with Crippen molar-refractivity contribution in [2.45, 2.75) is 12.6 Å². The molecule has 45 heavy (non-hydrogen) atoms. The van der Waals surface area contributed by atoms with Crippen LogP contribution in [0.25, 0.3) is 10.9 Å². The number of benzene rings is 3. The van der Waals surface area contributed by atoms with Crippen LogP contribution in [-0.2, 0) is 11.3 Å². The summed E-state index contributed by atoms with van der Waals surface area (Å²) in [5, 5.41) is 6.20. The Labute approximate surface area is 274 Å². The van der Waals surface area contributed by atoms with Crippen molar-refractivity contribution in [2.75, 3.05) is 67.6 Å². The summed E-state index contributed by atoms with van der Waals surface area (Å²) in [6.45, 7) is 8.17. The van der Waals surface area contributed by atoms with Crippen molar-refractivity contribution in [3.05, 3.63) is 124 Å². The lowest BCUT2D eigenvalue weighted by molar-refractivity contribution is 0.122. The maximum atomic E-state index is 6.25. The lowest BCUT2D eigenvalue weighted by atomic mass is 9.97. The zero-order chi connectivity index (χ0) is 30.6. The third-order valence-corrected chi connectivity index (χ3v) is 9.17. The molecule has 0 amide bonds. The molecule has 1 atom stereocenters. The van der Waals surface area contributed by atoms with E-state index < -0.39 is 0 Å². The van der Waals surface area contributed by atoms with Gasteiger partial charge in [0.2, 0.25) is 0 Å². The van der Waals surface area contributed by atoms with Crippen molar-refractivity contribution >= 4 is 51.4 Å². The van der Waals surface area contributed by atoms with Crippen LogP contribution in [-0.4, -0.2) is 67.4 Å². The number of nitrogens with one attached hydrogen (secondary N) is 1. The van der Waals surface area contributed by atoms with Gasteiger partial charge in [0.25, 0.3) is 0 Å². The summed E-state index contributed by atoms with van der Waals surface area (Å²) < 4.78 is 5.51. The molecule has 7 nitrogen and oxygen atoms in total. The van der Waals surface area contributed by atoms with Crippen LogP contribution in [0.4, 0.5) is 17.3 Å². The van der Waals surface area contributed by atoms with Gasteiger partial charge in [-0.25, -0.2) is 4.98 Å². The van der Waals surface area contributed by atoms with Gasteiger partial charge in [-0.15, -0.1) is 0 Å². The summed E-state index contributed by atoms with van der Waals surface area (Å²) in [5.74, 6) is 2.11. The SMILES string of the molecule is Clc1ccc(C(Nc2ccnc3cc(Cl)ccc23)c2ccc(CN3CCN(c4cccc(N5CCOCC5)n4)CC3)cc2)cc1. The number of morpholine rings is 1. The van der Waals surface area contributed by atoms with Crippen LogP contribution in [0.5, 0.6) is 0 Å². The fourth-order valence-corrected chi connectivity index (χ4v) is 6.47. The van der Waals surface area contributed by atoms with Crippen molar-refractivity contribution in [1.29, 1.82) is 0 Å². The molecule has 230 valence electrons. The van der Waals surface area contributed by atoms with Crippen LogP contribution >= 0.6 is 23.2 Å². The molecular weight excluding hydrogens is 603 g/mol. The van der Waals surface area contributed by atoms with Gasteiger partial charge in [0.1, 0.15) is 11.6 Å². The molecule has 2 aliphatic rings. The van der Waals surface area contributed by atoms with E-state index in [0.717, 1.165) is 97.8 Å². The lowest BCUT2D eigenvalue weighted by Gasteiger charge is -2.36. The second-order valence-electron chi connectivity index (χ2n) is 11.6. The first-order valence-electron chi connectivity index (χ1n) is 15.5. The van der Waals surface area contributed by atoms with Gasteiger partial charge in [-0.1, -0.05) is 65.7 Å². The van der Waals surface area contributed by atoms with Crippen molar-refractivity contribution in [3.8, 4) is 0 Å². The first-order chi connectivity index (χ1) is 22.1. The van der Waals surface area contributed by atoms with E-state index in [2.05, 4.69) is 79.6 Å². The molecule has 0 bridgehead atoms. The number of halogens is 2. The molecule has 0 saturated carbocycles. The zero-order valence-corrected chi connectivity index (χ0v) is 26.6. The number of anilines is 3. The molecule has 0 spiro atoms. The average Bonchev–Trinajstić information content (AvgIpc) is 3.09. The Kier molecular flexibility index (Phi) is 9.03. The van der Waals surface area contributed by atoms with Gasteiger partial charge < -0.3 is 19.9 Å². The molecular formula is C36H36Cl2N6O. The van der Waals surface area contributed by atoms with Gasteiger partial charge in [-0.3, -0.25) is 9.88 Å². The van der Waals surface area contributed by atoms with Crippen molar-refractivity contribution in [2.24, 2.45) is 0 Å². The quantitative estimate of drug-likeness (QED) is 0.191. The second kappa shape index (κ2) is 13.6. The van der Waals surface area contributed by atoms with Gasteiger partial charge in [0, 0.05) is 73.1 Å². The normalized spacial score (nSPS) is 16.6. The molecule has 7 rings (SSSR count). The fourth-order valence-electron chi connectivity index (χ4n) is 6.18. The molecule has 0 aliphatic carbocycles. The van der Waals surface area contributed by atoms with Crippen LogP contribution in [0.15, 0.2) is 97.2 Å². The van der Waals surface area contributed by atoms with Gasteiger partial charge in [-0.05, 0) is 65.2 Å². The number of rotatable bonds is 8. The minimum atomic E-state index is -0.0677. The maximum absolute atomic E-state index is 6.25. The number of hydrogen-bond donors (Lipinski definition) is 1. The Bertz CT molecular complexity index is 1740. The molecule has 3 aromatic carbocycles. The van der Waals surface area contributed by atoms with E-state index in [-0.39, 0.29) is 6.04 Å². The predicted octanol–water partition coefficient (Wildman–Crippen LogP) is 7.30. The highest BCUT2D eigenvalue weighted by Gasteiger charge is 2.21. The first kappa shape index (κ1) is 29.8. The molecule has 9 heteroatoms. The van der Waals surface area contributed by atoms with Crippen LogP contribution in [0.1, 0.15) is 22.7 Å². The smallest absolute Gasteiger partial charge is 0.131 e. The maximum Gasteiger partial charge on any atom is 0.131 e. The van der Waals surface area contributed by atoms with Crippen molar-refractivity contribution < 1.29 is 4.74 Å². The Morgan fingerprint density at radius 2 is 1.36 bits per heavy atom. The summed E-state index contributed by atoms with van der Waals surface area (Å²) in [4.78, 5) is 16.8. The van der Waals surface area contributed by atoms with Crippen LogP contribution in [0.3, 0.4) is 0 Å². The Balaban J connectivity index is 1.03. The first-order valence-corrected chi connectivity index (χ1v) is 16.3. The molecule has 5 aromatic rings. The molecule has 4 heterocycles. The third kappa shape index (κ3) is 7.02. The van der Waals surface area contributed by atoms with E-state index in [9.17, 15) is 0 Å². The number of pyridine rings is 2. The van der Waals surface area contributed by atoms with E-state index in [1.54, 1.807) is 0 Å². The highest BCUT2D eigenvalue weighted by Crippen LogP contribution is 2.32. The van der Waals surface area contributed by atoms with Gasteiger partial charge in [-0.2, -0.15) is 0 Å². The topological polar surface area (TPSA) is 56.8 Å². The fraction of sp³-hybridized carbons (Fsp3) is 0.278. The van der Waals surface area contributed by atoms with Gasteiger partial charge in [0.05, 0.1) is 24.8 Å². The second-order valence-corrected chi connectivity index (χ2v) is 12.5. The number of piperazine rings is 1. The minimum absolute atomic E-state index is 0.0677. The average molecular weight is 640 g/mol. The standard InChI is InChI=1S/C36H36Cl2N6O/c37-29-10-8-28(9-11-29)36(40-32-14-15-39-33-24-30(38)12-13-31(32)33)27-6-4-26(5-7-27)25-42-16-18-43(19-17-42)34-2-1-3-35(41-34)44-20-22-45-23-21-44/h1-15,24,36H,16-23,25H2,(H,39,40). The molecule has 0 radical (unpaired) electrons. The number of aromatic nitrogens is 2. The number of hydrogen-bond acceptors (Lipinski definition) is 7. The summed E-state index contributed by atoms with van der Waals surface area (Å²) in [7, 11) is 0. The van der Waals surface area contributed by atoms with Crippen molar-refractivity contribution in [1.82, 2.24) is 14.9 Å². The van der Waals surface area contributed by atoms with E-state index in [4.69, 9.17) is 32.9 Å². The number of ether oxygens (including phenoxy) is 1. The highest BCUT2D eigenvalue weighted by molar-refractivity contribution is 6.31. The molecule has 2 fully saturated rings. The summed E-state index contributed by atoms with van der Waals surface area (Å²) in [5.41, 5.74) is 5.48. The summed E-state index contributed by atoms with van der Waals surface area (Å²) in [6.07, 6.45) is 1.82. The summed E-state index contributed by atoms with van der Waals surface area (Å²) >= 11 is 12.5. The van der Waals surface area contributed by atoms with Crippen LogP contribution < -0.4 is 15.1 Å². The largest absolute Gasteiger partial charge is 0.378 e. The molecule has 1 unspecified atom stereocenters. The van der Waals surface area contributed by atoms with E-state index in [1.807, 2.05) is 42.6 Å². The summed E-state index contributed by atoms with van der Waals surface area (Å²) in [6, 6.07) is 31.2. The third-order valence-electron chi connectivity index (χ3n) is 8.68. The lowest BCUT2D eigenvalue weighted by Crippen LogP contribution is -2.46. The van der Waals surface area contributed by atoms with Gasteiger partial charge in [0.15, 0.2) is 0 Å². The molecule has 2 aliphatic heterocycles. The Morgan fingerprint density at radius 1 is 0.711 bits per heavy atom. The van der Waals surface area contributed by atoms with Gasteiger partial charge >= 0.3 is 0 Å². The molecule has 2 saturated heterocycles. The van der Waals surface area contributed by atoms with E-state index in [0.29, 0.717) is 5.02 Å². The zero-order valence-electron chi connectivity index (χ0n) is 25.1. The Hall–Kier alpha value is -3.88. The molecule has 1 N–H and O–H groups in total. The van der Waals surface area contributed by atoms with E-state index >= 15 is 0 Å². The minimum Gasteiger partial charge on any atom is -0.378 e. The number of fused-ring (bicyclic) bond motifs is 1. The monoisotopic (exact) mass is 638 g/mol. The predicted molar refractivity (Wildman–Crippen MR) is 185 cm³/mol. The van der Waals surface area contributed by atoms with E-state index in [1.165, 1.54) is 11.1 Å². The highest BCUT2D eigenvalue weighted by atomic mass is 35.5. The van der Waals surface area contributed by atoms with Crippen LogP contribution in [0.2, 0.25) is 10.0 Å². The Morgan fingerprint density at radius 3 is 2.07 bits per heavy atom. The number of nitrogens with zero attached hydrogens (tertiary/aromatic N) is 5. The van der Waals surface area contributed by atoms with Crippen LogP contribution in [0, 0.1) is 0 Å².